The number of halogens is 2. The van der Waals surface area contributed by atoms with Crippen LogP contribution in [0.15, 0.2) is 42.5 Å². The summed E-state index contributed by atoms with van der Waals surface area (Å²) in [6.45, 7) is 0. The predicted molar refractivity (Wildman–Crippen MR) is 74.2 cm³/mol. The van der Waals surface area contributed by atoms with Crippen LogP contribution in [0.1, 0.15) is 20.7 Å². The molecular weight excluding hydrogens is 299 g/mol. The van der Waals surface area contributed by atoms with Gasteiger partial charge >= 0.3 is 11.9 Å². The number of esters is 2. The maximum atomic E-state index is 12.8. The zero-order chi connectivity index (χ0) is 15.4. The minimum Gasteiger partial charge on any atom is -0.465 e. The molecule has 2 aromatic carbocycles. The van der Waals surface area contributed by atoms with Gasteiger partial charge in [-0.25, -0.2) is 14.0 Å². The van der Waals surface area contributed by atoms with Gasteiger partial charge < -0.3 is 9.47 Å². The van der Waals surface area contributed by atoms with E-state index in [2.05, 4.69) is 4.74 Å². The van der Waals surface area contributed by atoms with Crippen molar-refractivity contribution >= 4 is 23.5 Å². The molecule has 2 aromatic rings. The Morgan fingerprint density at radius 1 is 1.05 bits per heavy atom. The third-order valence-electron chi connectivity index (χ3n) is 2.63. The molecule has 4 nitrogen and oxygen atoms in total. The fourth-order valence-corrected chi connectivity index (χ4v) is 1.78. The summed E-state index contributed by atoms with van der Waals surface area (Å²) in [5, 5.41) is 0.303. The van der Waals surface area contributed by atoms with E-state index < -0.39 is 17.8 Å². The first-order chi connectivity index (χ1) is 10.0. The Hall–Kier alpha value is -2.40. The Morgan fingerprint density at radius 2 is 1.71 bits per heavy atom. The van der Waals surface area contributed by atoms with Crippen molar-refractivity contribution in [1.29, 1.82) is 0 Å². The molecule has 21 heavy (non-hydrogen) atoms. The molecule has 0 amide bonds. The van der Waals surface area contributed by atoms with Crippen molar-refractivity contribution in [3.8, 4) is 5.75 Å². The van der Waals surface area contributed by atoms with Crippen molar-refractivity contribution in [3.05, 3.63) is 64.4 Å². The summed E-state index contributed by atoms with van der Waals surface area (Å²) in [5.74, 6) is -1.85. The molecule has 0 spiro atoms. The average molecular weight is 309 g/mol. The summed E-state index contributed by atoms with van der Waals surface area (Å²) in [7, 11) is 1.20. The third kappa shape index (κ3) is 3.58. The lowest BCUT2D eigenvalue weighted by atomic mass is 10.2. The van der Waals surface area contributed by atoms with E-state index in [1.807, 2.05) is 0 Å². The molecule has 0 bridgehead atoms. The normalized spacial score (nSPS) is 10.0. The molecule has 0 saturated carbocycles. The van der Waals surface area contributed by atoms with Gasteiger partial charge in [0.1, 0.15) is 17.1 Å². The van der Waals surface area contributed by atoms with Crippen molar-refractivity contribution in [3.63, 3.8) is 0 Å². The van der Waals surface area contributed by atoms with Gasteiger partial charge in [0.05, 0.1) is 12.7 Å². The van der Waals surface area contributed by atoms with Crippen molar-refractivity contribution in [1.82, 2.24) is 0 Å². The van der Waals surface area contributed by atoms with Crippen LogP contribution in [0, 0.1) is 5.82 Å². The lowest BCUT2D eigenvalue weighted by Gasteiger charge is -2.09. The molecule has 0 unspecified atom stereocenters. The maximum Gasteiger partial charge on any atom is 0.343 e. The van der Waals surface area contributed by atoms with Gasteiger partial charge in [0, 0.05) is 5.02 Å². The molecule has 0 fully saturated rings. The van der Waals surface area contributed by atoms with E-state index in [9.17, 15) is 14.0 Å². The Balaban J connectivity index is 2.28. The van der Waals surface area contributed by atoms with Crippen LogP contribution in [0.3, 0.4) is 0 Å². The predicted octanol–water partition coefficient (Wildman–Crippen LogP) is 3.48. The highest BCUT2D eigenvalue weighted by Crippen LogP contribution is 2.24. The molecule has 6 heteroatoms. The molecule has 0 atom stereocenters. The number of carbonyl (C=O) groups excluding carboxylic acids is 2. The van der Waals surface area contributed by atoms with Gasteiger partial charge in [-0.3, -0.25) is 0 Å². The number of methoxy groups -OCH3 is 1. The topological polar surface area (TPSA) is 52.6 Å². The second kappa shape index (κ2) is 6.37. The zero-order valence-electron chi connectivity index (χ0n) is 10.9. The van der Waals surface area contributed by atoms with Crippen molar-refractivity contribution in [2.45, 2.75) is 0 Å². The Bertz CT molecular complexity index is 683. The highest BCUT2D eigenvalue weighted by Gasteiger charge is 2.17. The van der Waals surface area contributed by atoms with Crippen LogP contribution in [-0.2, 0) is 4.74 Å². The van der Waals surface area contributed by atoms with Crippen LogP contribution in [0.2, 0.25) is 5.02 Å². The number of hydrogen-bond donors (Lipinski definition) is 0. The van der Waals surface area contributed by atoms with Gasteiger partial charge in [-0.2, -0.15) is 0 Å². The van der Waals surface area contributed by atoms with Crippen LogP contribution >= 0.6 is 11.6 Å². The lowest BCUT2D eigenvalue weighted by Crippen LogP contribution is -2.12. The molecule has 0 aromatic heterocycles. The molecule has 0 heterocycles. The van der Waals surface area contributed by atoms with E-state index in [1.54, 1.807) is 0 Å². The van der Waals surface area contributed by atoms with Gasteiger partial charge in [-0.1, -0.05) is 11.6 Å². The van der Waals surface area contributed by atoms with Gasteiger partial charge in [0.2, 0.25) is 0 Å². The average Bonchev–Trinajstić information content (AvgIpc) is 2.48. The van der Waals surface area contributed by atoms with Gasteiger partial charge in [-0.05, 0) is 42.5 Å². The molecule has 0 N–H and O–H groups in total. The summed E-state index contributed by atoms with van der Waals surface area (Å²) >= 11 is 5.80. The number of ether oxygens (including phenoxy) is 2. The first kappa shape index (κ1) is 15.0. The van der Waals surface area contributed by atoms with Crippen molar-refractivity contribution in [2.24, 2.45) is 0 Å². The molecule has 0 aliphatic heterocycles. The number of carbonyl (C=O) groups is 2. The van der Waals surface area contributed by atoms with Crippen molar-refractivity contribution in [2.75, 3.05) is 7.11 Å². The minimum absolute atomic E-state index is 0.0144. The highest BCUT2D eigenvalue weighted by atomic mass is 35.5. The van der Waals surface area contributed by atoms with Crippen LogP contribution in [0.25, 0.3) is 0 Å². The van der Waals surface area contributed by atoms with Crippen LogP contribution in [0.4, 0.5) is 4.39 Å². The molecule has 2 rings (SSSR count). The number of benzene rings is 2. The fourth-order valence-electron chi connectivity index (χ4n) is 1.61. The quantitative estimate of drug-likeness (QED) is 0.643. The molecule has 108 valence electrons. The minimum atomic E-state index is -0.720. The molecule has 0 aliphatic carbocycles. The molecule has 0 saturated heterocycles. The highest BCUT2D eigenvalue weighted by molar-refractivity contribution is 6.31. The van der Waals surface area contributed by atoms with Gasteiger partial charge in [0.15, 0.2) is 0 Å². The summed E-state index contributed by atoms with van der Waals surface area (Å²) < 4.78 is 22.5. The second-order valence-electron chi connectivity index (χ2n) is 4.03. The van der Waals surface area contributed by atoms with Gasteiger partial charge in [0.25, 0.3) is 0 Å². The summed E-state index contributed by atoms with van der Waals surface area (Å²) in [6.07, 6.45) is 0. The van der Waals surface area contributed by atoms with Gasteiger partial charge in [-0.15, -0.1) is 0 Å². The van der Waals surface area contributed by atoms with Crippen molar-refractivity contribution < 1.29 is 23.5 Å². The SMILES string of the molecule is COC(=O)c1cc(Cl)ccc1OC(=O)c1ccc(F)cc1. The van der Waals surface area contributed by atoms with E-state index in [1.165, 1.54) is 37.4 Å². The second-order valence-corrected chi connectivity index (χ2v) is 4.46. The third-order valence-corrected chi connectivity index (χ3v) is 2.86. The van der Waals surface area contributed by atoms with Crippen LogP contribution in [0.5, 0.6) is 5.75 Å². The summed E-state index contributed by atoms with van der Waals surface area (Å²) in [5.41, 5.74) is 0.183. The summed E-state index contributed by atoms with van der Waals surface area (Å²) in [6, 6.07) is 9.04. The van der Waals surface area contributed by atoms with Crippen LogP contribution < -0.4 is 4.74 Å². The van der Waals surface area contributed by atoms with Crippen LogP contribution in [-0.4, -0.2) is 19.0 Å². The molecule has 0 radical (unpaired) electrons. The monoisotopic (exact) mass is 308 g/mol. The molecular formula is C15H10ClFO4. The fraction of sp³-hybridized carbons (Fsp3) is 0.0667. The lowest BCUT2D eigenvalue weighted by molar-refractivity contribution is 0.0593. The summed E-state index contributed by atoms with van der Waals surface area (Å²) in [4.78, 5) is 23.6. The standard InChI is InChI=1S/C15H10ClFO4/c1-20-15(19)12-8-10(16)4-7-13(12)21-14(18)9-2-5-11(17)6-3-9/h2-8H,1H3. The first-order valence-corrected chi connectivity index (χ1v) is 6.24. The number of rotatable bonds is 3. The smallest absolute Gasteiger partial charge is 0.343 e. The Labute approximate surface area is 125 Å². The Morgan fingerprint density at radius 3 is 2.33 bits per heavy atom. The van der Waals surface area contributed by atoms with E-state index in [0.29, 0.717) is 5.02 Å². The molecule has 0 aliphatic rings. The zero-order valence-corrected chi connectivity index (χ0v) is 11.7. The van der Waals surface area contributed by atoms with E-state index in [0.717, 1.165) is 12.1 Å². The largest absolute Gasteiger partial charge is 0.465 e. The Kier molecular flexibility index (Phi) is 4.55. The maximum absolute atomic E-state index is 12.8. The van der Waals surface area contributed by atoms with E-state index in [4.69, 9.17) is 16.3 Å². The number of hydrogen-bond acceptors (Lipinski definition) is 4. The first-order valence-electron chi connectivity index (χ1n) is 5.87. The van der Waals surface area contributed by atoms with E-state index >= 15 is 0 Å². The van der Waals surface area contributed by atoms with E-state index in [-0.39, 0.29) is 16.9 Å².